The van der Waals surface area contributed by atoms with Crippen LogP contribution in [0, 0.1) is 0 Å². The molecule has 1 aliphatic heterocycles. The summed E-state index contributed by atoms with van der Waals surface area (Å²) in [6, 6.07) is 0. The molecule has 1 saturated heterocycles. The molecule has 0 aromatic carbocycles. The van der Waals surface area contributed by atoms with E-state index in [2.05, 4.69) is 0 Å². The van der Waals surface area contributed by atoms with Gasteiger partial charge in [0.25, 0.3) is 0 Å². The van der Waals surface area contributed by atoms with Crippen LogP contribution in [-0.4, -0.2) is 18.0 Å². The molecule has 0 aromatic rings. The number of ketones is 1. The Hall–Kier alpha value is -0.370. The maximum atomic E-state index is 11.3. The van der Waals surface area contributed by atoms with Crippen molar-refractivity contribution in [1.82, 2.24) is 0 Å². The third-order valence-corrected chi connectivity index (χ3v) is 2.60. The highest BCUT2D eigenvalue weighted by atomic mass is 16.5. The summed E-state index contributed by atoms with van der Waals surface area (Å²) in [4.78, 5) is 11.3. The van der Waals surface area contributed by atoms with Crippen molar-refractivity contribution in [1.29, 1.82) is 0 Å². The first-order valence-electron chi connectivity index (χ1n) is 4.01. The Kier molecular flexibility index (Phi) is 1.31. The van der Waals surface area contributed by atoms with Gasteiger partial charge in [0.1, 0.15) is 5.60 Å². The third kappa shape index (κ3) is 0.717. The van der Waals surface area contributed by atoms with E-state index in [-0.39, 0.29) is 5.60 Å². The normalized spacial score (nSPS) is 39.8. The van der Waals surface area contributed by atoms with E-state index in [1.807, 2.05) is 0 Å². The molecule has 1 atom stereocenters. The number of carbonyl (C=O) groups is 1. The van der Waals surface area contributed by atoms with Gasteiger partial charge >= 0.3 is 0 Å². The van der Waals surface area contributed by atoms with Gasteiger partial charge in [0.2, 0.25) is 0 Å². The molecule has 56 valence electrons. The predicted octanol–water partition coefficient (Wildman–Crippen LogP) is 1.29. The van der Waals surface area contributed by atoms with Crippen LogP contribution in [0.25, 0.3) is 0 Å². The molecule has 0 amide bonds. The van der Waals surface area contributed by atoms with Gasteiger partial charge in [-0.25, -0.2) is 0 Å². The fourth-order valence-electron chi connectivity index (χ4n) is 2.02. The molecular weight excluding hydrogens is 128 g/mol. The Balaban J connectivity index is 2.19. The molecular formula is C8H12O2. The van der Waals surface area contributed by atoms with E-state index in [9.17, 15) is 4.79 Å². The summed E-state index contributed by atoms with van der Waals surface area (Å²) in [7, 11) is 0. The Morgan fingerprint density at radius 2 is 2.10 bits per heavy atom. The van der Waals surface area contributed by atoms with Crippen LogP contribution < -0.4 is 0 Å². The molecule has 2 fully saturated rings. The van der Waals surface area contributed by atoms with Crippen LogP contribution in [-0.2, 0) is 9.53 Å². The largest absolute Gasteiger partial charge is 0.367 e. The lowest BCUT2D eigenvalue weighted by molar-refractivity contribution is -0.134. The van der Waals surface area contributed by atoms with E-state index >= 15 is 0 Å². The van der Waals surface area contributed by atoms with Gasteiger partial charge < -0.3 is 4.74 Å². The summed E-state index contributed by atoms with van der Waals surface area (Å²) in [5.41, 5.74) is -0.292. The molecule has 2 aliphatic rings. The number of Topliss-reactive ketones (excluding diaryl/α,β-unsaturated/α-hetero) is 1. The maximum absolute atomic E-state index is 11.3. The maximum Gasteiger partial charge on any atom is 0.164 e. The quantitative estimate of drug-likeness (QED) is 0.506. The van der Waals surface area contributed by atoms with E-state index in [1.54, 1.807) is 0 Å². The van der Waals surface area contributed by atoms with Crippen molar-refractivity contribution in [2.75, 3.05) is 6.61 Å². The Labute approximate surface area is 60.6 Å². The number of hydrogen-bond acceptors (Lipinski definition) is 2. The monoisotopic (exact) mass is 140 g/mol. The minimum Gasteiger partial charge on any atom is -0.367 e. The first-order valence-corrected chi connectivity index (χ1v) is 4.01. The van der Waals surface area contributed by atoms with Crippen LogP contribution in [0.2, 0.25) is 0 Å². The number of ether oxygens (including phenoxy) is 1. The topological polar surface area (TPSA) is 26.3 Å². The summed E-state index contributed by atoms with van der Waals surface area (Å²) < 4.78 is 5.46. The van der Waals surface area contributed by atoms with Crippen molar-refractivity contribution in [3.63, 3.8) is 0 Å². The fraction of sp³-hybridized carbons (Fsp3) is 0.875. The van der Waals surface area contributed by atoms with Gasteiger partial charge in [0.15, 0.2) is 5.78 Å². The van der Waals surface area contributed by atoms with E-state index in [0.717, 1.165) is 38.7 Å². The molecule has 1 aliphatic carbocycles. The SMILES string of the molecule is O=C1CCCC12CCCO2. The highest BCUT2D eigenvalue weighted by Crippen LogP contribution is 2.37. The molecule has 1 unspecified atom stereocenters. The molecule has 1 saturated carbocycles. The standard InChI is InChI=1S/C8H12O2/c9-7-3-1-4-8(7)5-2-6-10-8/h1-6H2. The van der Waals surface area contributed by atoms with E-state index in [0.29, 0.717) is 5.78 Å². The van der Waals surface area contributed by atoms with E-state index in [1.165, 1.54) is 0 Å². The van der Waals surface area contributed by atoms with Crippen LogP contribution >= 0.6 is 0 Å². The smallest absolute Gasteiger partial charge is 0.164 e. The Morgan fingerprint density at radius 3 is 2.60 bits per heavy atom. The van der Waals surface area contributed by atoms with Crippen molar-refractivity contribution in [3.8, 4) is 0 Å². The summed E-state index contributed by atoms with van der Waals surface area (Å²) in [5.74, 6) is 0.352. The molecule has 2 nitrogen and oxygen atoms in total. The third-order valence-electron chi connectivity index (χ3n) is 2.60. The summed E-state index contributed by atoms with van der Waals surface area (Å²) >= 11 is 0. The summed E-state index contributed by atoms with van der Waals surface area (Å²) in [5, 5.41) is 0. The van der Waals surface area contributed by atoms with Gasteiger partial charge in [0, 0.05) is 13.0 Å². The van der Waals surface area contributed by atoms with Gasteiger partial charge in [-0.3, -0.25) is 4.79 Å². The zero-order valence-electron chi connectivity index (χ0n) is 6.06. The number of rotatable bonds is 0. The second kappa shape index (κ2) is 2.06. The lowest BCUT2D eigenvalue weighted by atomic mass is 9.98. The summed E-state index contributed by atoms with van der Waals surface area (Å²) in [6.07, 6.45) is 4.82. The predicted molar refractivity (Wildman–Crippen MR) is 36.8 cm³/mol. The Morgan fingerprint density at radius 1 is 1.30 bits per heavy atom. The van der Waals surface area contributed by atoms with Crippen molar-refractivity contribution < 1.29 is 9.53 Å². The number of hydrogen-bond donors (Lipinski definition) is 0. The van der Waals surface area contributed by atoms with E-state index in [4.69, 9.17) is 4.74 Å². The van der Waals surface area contributed by atoms with Gasteiger partial charge in [-0.2, -0.15) is 0 Å². The second-order valence-corrected chi connectivity index (χ2v) is 3.22. The van der Waals surface area contributed by atoms with Crippen LogP contribution in [0.1, 0.15) is 32.1 Å². The highest BCUT2D eigenvalue weighted by molar-refractivity contribution is 5.89. The summed E-state index contributed by atoms with van der Waals surface area (Å²) in [6.45, 7) is 0.797. The van der Waals surface area contributed by atoms with Gasteiger partial charge in [0.05, 0.1) is 0 Å². The van der Waals surface area contributed by atoms with Gasteiger partial charge in [-0.1, -0.05) is 0 Å². The van der Waals surface area contributed by atoms with Gasteiger partial charge in [-0.05, 0) is 25.7 Å². The van der Waals surface area contributed by atoms with Crippen molar-refractivity contribution in [3.05, 3.63) is 0 Å². The number of carbonyl (C=O) groups excluding carboxylic acids is 1. The molecule has 1 heterocycles. The van der Waals surface area contributed by atoms with Crippen molar-refractivity contribution >= 4 is 5.78 Å². The molecule has 0 radical (unpaired) electrons. The molecule has 0 bridgehead atoms. The van der Waals surface area contributed by atoms with Crippen molar-refractivity contribution in [2.24, 2.45) is 0 Å². The van der Waals surface area contributed by atoms with Crippen LogP contribution in [0.15, 0.2) is 0 Å². The second-order valence-electron chi connectivity index (χ2n) is 3.22. The van der Waals surface area contributed by atoms with Crippen molar-refractivity contribution in [2.45, 2.75) is 37.7 Å². The molecule has 0 N–H and O–H groups in total. The minimum absolute atomic E-state index is 0.292. The average molecular weight is 140 g/mol. The van der Waals surface area contributed by atoms with Crippen LogP contribution in [0.5, 0.6) is 0 Å². The highest BCUT2D eigenvalue weighted by Gasteiger charge is 2.45. The fourth-order valence-corrected chi connectivity index (χ4v) is 2.02. The van der Waals surface area contributed by atoms with Crippen LogP contribution in [0.3, 0.4) is 0 Å². The minimum atomic E-state index is -0.292. The molecule has 1 spiro atoms. The van der Waals surface area contributed by atoms with E-state index < -0.39 is 0 Å². The zero-order chi connectivity index (χ0) is 7.03. The average Bonchev–Trinajstić information content (AvgIpc) is 2.48. The molecule has 0 aromatic heterocycles. The zero-order valence-corrected chi connectivity index (χ0v) is 6.06. The first kappa shape index (κ1) is 6.35. The first-order chi connectivity index (χ1) is 4.83. The van der Waals surface area contributed by atoms with Gasteiger partial charge in [-0.15, -0.1) is 0 Å². The molecule has 2 rings (SSSR count). The van der Waals surface area contributed by atoms with Crippen LogP contribution in [0.4, 0.5) is 0 Å². The lowest BCUT2D eigenvalue weighted by Gasteiger charge is -2.18. The molecule has 2 heteroatoms. The lowest BCUT2D eigenvalue weighted by Crippen LogP contribution is -2.32. The molecule has 10 heavy (non-hydrogen) atoms. The Bertz CT molecular complexity index is 151.